The number of sulfonamides is 1. The van der Waals surface area contributed by atoms with Crippen LogP contribution in [0.15, 0.2) is 28.5 Å². The highest BCUT2D eigenvalue weighted by molar-refractivity contribution is 7.91. The zero-order chi connectivity index (χ0) is 16.5. The predicted octanol–water partition coefficient (Wildman–Crippen LogP) is 1.91. The van der Waals surface area contributed by atoms with Gasteiger partial charge in [-0.2, -0.15) is 0 Å². The molecule has 0 aliphatic carbocycles. The van der Waals surface area contributed by atoms with Crippen molar-refractivity contribution in [2.75, 3.05) is 0 Å². The molecule has 118 valence electrons. The molecule has 0 unspecified atom stereocenters. The molecule has 9 heteroatoms. The summed E-state index contributed by atoms with van der Waals surface area (Å²) in [7, 11) is -3.88. The molecular formula is C13H12F2N2O3S2. The molecule has 2 rings (SSSR count). The SMILES string of the molecule is Cc1cc(S(N)(=O)=O)sc1C(=O)NCc1cc(F)cc(F)c1. The first-order valence-electron chi connectivity index (χ1n) is 6.03. The number of carbonyl (C=O) groups excluding carboxylic acids is 1. The standard InChI is InChI=1S/C13H12F2N2O3S2/c1-7-2-11(22(16,19)20)21-12(7)13(18)17-6-8-3-9(14)5-10(15)4-8/h2-5H,6H2,1H3,(H,17,18)(H2,16,19,20). The maximum absolute atomic E-state index is 13.0. The van der Waals surface area contributed by atoms with E-state index in [1.54, 1.807) is 6.92 Å². The maximum Gasteiger partial charge on any atom is 0.261 e. The lowest BCUT2D eigenvalue weighted by atomic mass is 10.2. The minimum absolute atomic E-state index is 0.0877. The van der Waals surface area contributed by atoms with Crippen LogP contribution in [0.5, 0.6) is 0 Å². The van der Waals surface area contributed by atoms with Gasteiger partial charge < -0.3 is 5.32 Å². The van der Waals surface area contributed by atoms with Gasteiger partial charge in [-0.15, -0.1) is 11.3 Å². The highest BCUT2D eigenvalue weighted by Gasteiger charge is 2.19. The molecule has 0 aliphatic rings. The van der Waals surface area contributed by atoms with Crippen molar-refractivity contribution in [3.63, 3.8) is 0 Å². The topological polar surface area (TPSA) is 89.3 Å². The van der Waals surface area contributed by atoms with E-state index >= 15 is 0 Å². The quantitative estimate of drug-likeness (QED) is 0.886. The van der Waals surface area contributed by atoms with Crippen molar-refractivity contribution in [1.29, 1.82) is 0 Å². The third kappa shape index (κ3) is 3.87. The summed E-state index contributed by atoms with van der Waals surface area (Å²) < 4.78 is 48.5. The Morgan fingerprint density at radius 2 is 1.82 bits per heavy atom. The van der Waals surface area contributed by atoms with Gasteiger partial charge >= 0.3 is 0 Å². The Morgan fingerprint density at radius 1 is 1.23 bits per heavy atom. The Balaban J connectivity index is 2.14. The summed E-state index contributed by atoms with van der Waals surface area (Å²) in [6, 6.07) is 4.23. The second-order valence-electron chi connectivity index (χ2n) is 4.58. The molecule has 1 amide bonds. The van der Waals surface area contributed by atoms with E-state index in [0.29, 0.717) is 5.56 Å². The first-order valence-corrected chi connectivity index (χ1v) is 8.39. The van der Waals surface area contributed by atoms with Gasteiger partial charge in [0.1, 0.15) is 15.8 Å². The molecule has 0 atom stereocenters. The number of thiophene rings is 1. The van der Waals surface area contributed by atoms with Gasteiger partial charge in [-0.3, -0.25) is 4.79 Å². The van der Waals surface area contributed by atoms with E-state index in [-0.39, 0.29) is 21.2 Å². The molecule has 22 heavy (non-hydrogen) atoms. The van der Waals surface area contributed by atoms with Crippen LogP contribution in [-0.4, -0.2) is 14.3 Å². The minimum Gasteiger partial charge on any atom is -0.347 e. The predicted molar refractivity (Wildman–Crippen MR) is 78.0 cm³/mol. The van der Waals surface area contributed by atoms with E-state index in [0.717, 1.165) is 29.5 Å². The number of primary sulfonamides is 1. The molecule has 5 nitrogen and oxygen atoms in total. The third-order valence-electron chi connectivity index (χ3n) is 2.76. The first-order chi connectivity index (χ1) is 10.2. The lowest BCUT2D eigenvalue weighted by Gasteiger charge is -2.05. The molecule has 0 aliphatic heterocycles. The Bertz CT molecular complexity index is 812. The monoisotopic (exact) mass is 346 g/mol. The number of amides is 1. The van der Waals surface area contributed by atoms with Crippen LogP contribution in [0.3, 0.4) is 0 Å². The van der Waals surface area contributed by atoms with E-state index in [1.807, 2.05) is 0 Å². The van der Waals surface area contributed by atoms with E-state index in [2.05, 4.69) is 5.32 Å². The van der Waals surface area contributed by atoms with Gasteiger partial charge in [0.15, 0.2) is 0 Å². The fourth-order valence-corrected chi connectivity index (χ4v) is 3.67. The highest BCUT2D eigenvalue weighted by atomic mass is 32.2. The summed E-state index contributed by atoms with van der Waals surface area (Å²) in [5, 5.41) is 7.48. The molecule has 1 aromatic heterocycles. The fourth-order valence-electron chi connectivity index (χ4n) is 1.79. The van der Waals surface area contributed by atoms with Gasteiger partial charge in [-0.1, -0.05) is 0 Å². The van der Waals surface area contributed by atoms with Gasteiger partial charge in [0.25, 0.3) is 5.91 Å². The highest BCUT2D eigenvalue weighted by Crippen LogP contribution is 2.25. The summed E-state index contributed by atoms with van der Waals surface area (Å²) in [6.45, 7) is 1.48. The maximum atomic E-state index is 13.0. The van der Waals surface area contributed by atoms with Gasteiger partial charge in [0, 0.05) is 12.6 Å². The largest absolute Gasteiger partial charge is 0.347 e. The minimum atomic E-state index is -3.88. The molecule has 0 saturated heterocycles. The van der Waals surface area contributed by atoms with Crippen molar-refractivity contribution in [1.82, 2.24) is 5.32 Å². The van der Waals surface area contributed by atoms with Crippen LogP contribution in [0.2, 0.25) is 0 Å². The Labute approximate surface area is 129 Å². The van der Waals surface area contributed by atoms with Crippen LogP contribution < -0.4 is 10.5 Å². The normalized spacial score (nSPS) is 11.5. The van der Waals surface area contributed by atoms with E-state index < -0.39 is 27.6 Å². The van der Waals surface area contributed by atoms with E-state index in [1.165, 1.54) is 6.07 Å². The second kappa shape index (κ2) is 6.11. The Morgan fingerprint density at radius 3 is 2.32 bits per heavy atom. The second-order valence-corrected chi connectivity index (χ2v) is 7.42. The summed E-state index contributed by atoms with van der Waals surface area (Å²) in [5.41, 5.74) is 0.712. The van der Waals surface area contributed by atoms with Gasteiger partial charge in [0.05, 0.1) is 4.88 Å². The van der Waals surface area contributed by atoms with Crippen LogP contribution in [0.25, 0.3) is 0 Å². The zero-order valence-corrected chi connectivity index (χ0v) is 13.0. The van der Waals surface area contributed by atoms with Crippen LogP contribution in [-0.2, 0) is 16.6 Å². The molecule has 2 aromatic rings. The van der Waals surface area contributed by atoms with Gasteiger partial charge in [-0.05, 0) is 36.2 Å². The van der Waals surface area contributed by atoms with Crippen LogP contribution in [0.4, 0.5) is 8.78 Å². The average molecular weight is 346 g/mol. The summed E-state index contributed by atoms with van der Waals surface area (Å²) in [5.74, 6) is -2.02. The Hall–Kier alpha value is -1.84. The number of rotatable bonds is 4. The molecule has 0 radical (unpaired) electrons. The summed E-state index contributed by atoms with van der Waals surface area (Å²) in [4.78, 5) is 12.2. The number of hydrogen-bond acceptors (Lipinski definition) is 4. The third-order valence-corrected chi connectivity index (χ3v) is 5.41. The molecule has 0 spiro atoms. The Kier molecular flexibility index (Phi) is 4.59. The van der Waals surface area contributed by atoms with Crippen molar-refractivity contribution < 1.29 is 22.0 Å². The lowest BCUT2D eigenvalue weighted by molar-refractivity contribution is 0.0954. The van der Waals surface area contributed by atoms with Crippen molar-refractivity contribution in [2.24, 2.45) is 5.14 Å². The van der Waals surface area contributed by atoms with E-state index in [4.69, 9.17) is 5.14 Å². The molecule has 1 aromatic carbocycles. The first kappa shape index (κ1) is 16.5. The van der Waals surface area contributed by atoms with E-state index in [9.17, 15) is 22.0 Å². The van der Waals surface area contributed by atoms with Gasteiger partial charge in [-0.25, -0.2) is 22.3 Å². The van der Waals surface area contributed by atoms with Crippen LogP contribution >= 0.6 is 11.3 Å². The summed E-state index contributed by atoms with van der Waals surface area (Å²) >= 11 is 0.743. The average Bonchev–Trinajstić information content (AvgIpc) is 2.77. The molecular weight excluding hydrogens is 334 g/mol. The zero-order valence-electron chi connectivity index (χ0n) is 11.4. The molecule has 0 fully saturated rings. The number of aryl methyl sites for hydroxylation is 1. The number of halogens is 2. The van der Waals surface area contributed by atoms with Gasteiger partial charge in [0.2, 0.25) is 10.0 Å². The number of carbonyl (C=O) groups is 1. The molecule has 3 N–H and O–H groups in total. The van der Waals surface area contributed by atoms with Crippen molar-refractivity contribution >= 4 is 27.3 Å². The van der Waals surface area contributed by atoms with Crippen molar-refractivity contribution in [2.45, 2.75) is 17.7 Å². The number of benzene rings is 1. The van der Waals surface area contributed by atoms with Crippen molar-refractivity contribution in [3.05, 3.63) is 51.9 Å². The molecule has 0 saturated carbocycles. The van der Waals surface area contributed by atoms with Crippen LogP contribution in [0.1, 0.15) is 20.8 Å². The van der Waals surface area contributed by atoms with Crippen molar-refractivity contribution in [3.8, 4) is 0 Å². The lowest BCUT2D eigenvalue weighted by Crippen LogP contribution is -2.22. The summed E-state index contributed by atoms with van der Waals surface area (Å²) in [6.07, 6.45) is 0. The molecule has 1 heterocycles. The molecule has 0 bridgehead atoms. The number of nitrogens with two attached hydrogens (primary N) is 1. The number of nitrogens with one attached hydrogen (secondary N) is 1. The van der Waals surface area contributed by atoms with Crippen LogP contribution in [0, 0.1) is 18.6 Å². The fraction of sp³-hybridized carbons (Fsp3) is 0.154. The smallest absolute Gasteiger partial charge is 0.261 e. The number of hydrogen-bond donors (Lipinski definition) is 2.